The van der Waals surface area contributed by atoms with Crippen LogP contribution in [0.2, 0.25) is 0 Å². The van der Waals surface area contributed by atoms with Crippen molar-refractivity contribution in [2.24, 2.45) is 0 Å². The first-order valence-electron chi connectivity index (χ1n) is 5.72. The van der Waals surface area contributed by atoms with Gasteiger partial charge in [-0.15, -0.1) is 0 Å². The van der Waals surface area contributed by atoms with Crippen LogP contribution in [-0.2, 0) is 0 Å². The predicted octanol–water partition coefficient (Wildman–Crippen LogP) is 1.51. The SMILES string of the molecule is N#Cc1ccnc(NC2CCCNCC2)c1. The second-order valence-electron chi connectivity index (χ2n) is 4.06. The van der Waals surface area contributed by atoms with Gasteiger partial charge in [-0.3, -0.25) is 0 Å². The molecule has 0 aromatic carbocycles. The second-order valence-corrected chi connectivity index (χ2v) is 4.06. The van der Waals surface area contributed by atoms with E-state index in [1.165, 1.54) is 6.42 Å². The van der Waals surface area contributed by atoms with Crippen LogP contribution in [0.15, 0.2) is 18.3 Å². The number of aromatic nitrogens is 1. The fourth-order valence-electron chi connectivity index (χ4n) is 1.95. The number of hydrogen-bond acceptors (Lipinski definition) is 4. The summed E-state index contributed by atoms with van der Waals surface area (Å²) in [5.41, 5.74) is 0.657. The zero-order valence-electron chi connectivity index (χ0n) is 9.24. The Morgan fingerprint density at radius 1 is 1.44 bits per heavy atom. The van der Waals surface area contributed by atoms with Crippen LogP contribution in [0.1, 0.15) is 24.8 Å². The van der Waals surface area contributed by atoms with Crippen LogP contribution in [0, 0.1) is 11.3 Å². The lowest BCUT2D eigenvalue weighted by molar-refractivity contribution is 0.635. The van der Waals surface area contributed by atoms with Crippen molar-refractivity contribution in [1.82, 2.24) is 10.3 Å². The van der Waals surface area contributed by atoms with Gasteiger partial charge >= 0.3 is 0 Å². The molecule has 1 aliphatic heterocycles. The van der Waals surface area contributed by atoms with Crippen molar-refractivity contribution in [3.8, 4) is 6.07 Å². The van der Waals surface area contributed by atoms with E-state index >= 15 is 0 Å². The molecule has 1 unspecified atom stereocenters. The molecule has 84 valence electrons. The number of pyridine rings is 1. The molecule has 1 aromatic heterocycles. The lowest BCUT2D eigenvalue weighted by Crippen LogP contribution is -2.22. The summed E-state index contributed by atoms with van der Waals surface area (Å²) >= 11 is 0. The first-order chi connectivity index (χ1) is 7.88. The number of hydrogen-bond donors (Lipinski definition) is 2. The largest absolute Gasteiger partial charge is 0.367 e. The van der Waals surface area contributed by atoms with Gasteiger partial charge in [-0.2, -0.15) is 5.26 Å². The lowest BCUT2D eigenvalue weighted by Gasteiger charge is -2.16. The molecule has 4 nitrogen and oxygen atoms in total. The minimum Gasteiger partial charge on any atom is -0.367 e. The molecule has 1 saturated heterocycles. The van der Waals surface area contributed by atoms with Crippen LogP contribution < -0.4 is 10.6 Å². The van der Waals surface area contributed by atoms with Gasteiger partial charge < -0.3 is 10.6 Å². The van der Waals surface area contributed by atoms with Crippen molar-refractivity contribution in [2.75, 3.05) is 18.4 Å². The molecule has 16 heavy (non-hydrogen) atoms. The van der Waals surface area contributed by atoms with E-state index in [1.807, 2.05) is 0 Å². The Morgan fingerprint density at radius 2 is 2.38 bits per heavy atom. The summed E-state index contributed by atoms with van der Waals surface area (Å²) in [7, 11) is 0. The van der Waals surface area contributed by atoms with Crippen molar-refractivity contribution in [2.45, 2.75) is 25.3 Å². The number of rotatable bonds is 2. The van der Waals surface area contributed by atoms with Crippen molar-refractivity contribution in [1.29, 1.82) is 5.26 Å². The van der Waals surface area contributed by atoms with Crippen LogP contribution in [0.4, 0.5) is 5.82 Å². The topological polar surface area (TPSA) is 60.7 Å². The van der Waals surface area contributed by atoms with Gasteiger partial charge in [-0.25, -0.2) is 4.98 Å². The van der Waals surface area contributed by atoms with E-state index in [0.717, 1.165) is 31.7 Å². The quantitative estimate of drug-likeness (QED) is 0.786. The summed E-state index contributed by atoms with van der Waals surface area (Å²) in [5, 5.41) is 15.6. The summed E-state index contributed by atoms with van der Waals surface area (Å²) < 4.78 is 0. The standard InChI is InChI=1S/C12H16N4/c13-9-10-3-7-15-12(8-10)16-11-2-1-5-14-6-4-11/h3,7-8,11,14H,1-2,4-6H2,(H,15,16). The molecule has 1 atom stereocenters. The maximum atomic E-state index is 8.80. The van der Waals surface area contributed by atoms with Crippen LogP contribution >= 0.6 is 0 Å². The molecule has 0 aliphatic carbocycles. The van der Waals surface area contributed by atoms with Crippen molar-refractivity contribution in [3.05, 3.63) is 23.9 Å². The predicted molar refractivity (Wildman–Crippen MR) is 63.1 cm³/mol. The fraction of sp³-hybridized carbons (Fsp3) is 0.500. The third kappa shape index (κ3) is 2.94. The average molecular weight is 216 g/mol. The van der Waals surface area contributed by atoms with Crippen LogP contribution in [0.5, 0.6) is 0 Å². The molecule has 2 N–H and O–H groups in total. The van der Waals surface area contributed by atoms with Gasteiger partial charge in [0.05, 0.1) is 11.6 Å². The molecule has 0 radical (unpaired) electrons. The molecule has 1 aliphatic rings. The van der Waals surface area contributed by atoms with E-state index in [1.54, 1.807) is 18.3 Å². The van der Waals surface area contributed by atoms with E-state index in [2.05, 4.69) is 21.7 Å². The Morgan fingerprint density at radius 3 is 3.25 bits per heavy atom. The third-order valence-corrected chi connectivity index (χ3v) is 2.82. The average Bonchev–Trinajstić information content (AvgIpc) is 2.58. The highest BCUT2D eigenvalue weighted by Crippen LogP contribution is 2.13. The maximum Gasteiger partial charge on any atom is 0.127 e. The van der Waals surface area contributed by atoms with E-state index < -0.39 is 0 Å². The number of anilines is 1. The highest BCUT2D eigenvalue weighted by Gasteiger charge is 2.11. The highest BCUT2D eigenvalue weighted by molar-refractivity contribution is 5.43. The molecule has 2 heterocycles. The fourth-order valence-corrected chi connectivity index (χ4v) is 1.95. The Balaban J connectivity index is 1.99. The normalized spacial score (nSPS) is 20.8. The smallest absolute Gasteiger partial charge is 0.127 e. The zero-order chi connectivity index (χ0) is 11.2. The molecular formula is C12H16N4. The summed E-state index contributed by atoms with van der Waals surface area (Å²) in [5.74, 6) is 0.811. The van der Waals surface area contributed by atoms with Crippen molar-refractivity contribution in [3.63, 3.8) is 0 Å². The zero-order valence-corrected chi connectivity index (χ0v) is 9.24. The molecule has 0 amide bonds. The molecule has 2 rings (SSSR count). The number of nitriles is 1. The molecule has 0 bridgehead atoms. The molecule has 1 fully saturated rings. The second kappa shape index (κ2) is 5.47. The van der Waals surface area contributed by atoms with Gasteiger partial charge in [0.25, 0.3) is 0 Å². The maximum absolute atomic E-state index is 8.80. The molecular weight excluding hydrogens is 200 g/mol. The summed E-state index contributed by atoms with van der Waals surface area (Å²) in [6, 6.07) is 6.12. The third-order valence-electron chi connectivity index (χ3n) is 2.82. The molecule has 0 spiro atoms. The molecule has 4 heteroatoms. The Bertz CT molecular complexity index is 375. The van der Waals surface area contributed by atoms with Crippen molar-refractivity contribution >= 4 is 5.82 Å². The van der Waals surface area contributed by atoms with Gasteiger partial charge in [0.1, 0.15) is 5.82 Å². The Kier molecular flexibility index (Phi) is 3.73. The van der Waals surface area contributed by atoms with E-state index in [9.17, 15) is 0 Å². The monoisotopic (exact) mass is 216 g/mol. The molecule has 1 aromatic rings. The number of nitrogens with zero attached hydrogens (tertiary/aromatic N) is 2. The van der Waals surface area contributed by atoms with E-state index in [0.29, 0.717) is 11.6 Å². The van der Waals surface area contributed by atoms with Crippen LogP contribution in [0.25, 0.3) is 0 Å². The van der Waals surface area contributed by atoms with E-state index in [-0.39, 0.29) is 0 Å². The minimum atomic E-state index is 0.469. The van der Waals surface area contributed by atoms with Gasteiger partial charge in [0.2, 0.25) is 0 Å². The number of nitrogens with one attached hydrogen (secondary N) is 2. The van der Waals surface area contributed by atoms with E-state index in [4.69, 9.17) is 5.26 Å². The van der Waals surface area contributed by atoms with Gasteiger partial charge in [-0.1, -0.05) is 0 Å². The minimum absolute atomic E-state index is 0.469. The van der Waals surface area contributed by atoms with Crippen molar-refractivity contribution < 1.29 is 0 Å². The summed E-state index contributed by atoms with van der Waals surface area (Å²) in [6.45, 7) is 2.15. The molecule has 0 saturated carbocycles. The van der Waals surface area contributed by atoms with Crippen LogP contribution in [0.3, 0.4) is 0 Å². The highest BCUT2D eigenvalue weighted by atomic mass is 15.0. The van der Waals surface area contributed by atoms with Gasteiger partial charge in [0.15, 0.2) is 0 Å². The van der Waals surface area contributed by atoms with Gasteiger partial charge in [-0.05, 0) is 44.5 Å². The lowest BCUT2D eigenvalue weighted by atomic mass is 10.1. The Hall–Kier alpha value is -1.60. The summed E-state index contributed by atoms with van der Waals surface area (Å²) in [6.07, 6.45) is 5.13. The Labute approximate surface area is 95.7 Å². The van der Waals surface area contributed by atoms with Gasteiger partial charge in [0, 0.05) is 12.2 Å². The summed E-state index contributed by atoms with van der Waals surface area (Å²) in [4.78, 5) is 4.23. The first kappa shape index (κ1) is 10.9. The first-order valence-corrected chi connectivity index (χ1v) is 5.72. The van der Waals surface area contributed by atoms with Crippen LogP contribution in [-0.4, -0.2) is 24.1 Å².